The molecule has 14 heavy (non-hydrogen) atoms. The average molecular weight is 211 g/mol. The first-order valence-electron chi connectivity index (χ1n) is 4.45. The number of carbonyl (C=O) groups is 1. The molecule has 0 aliphatic carbocycles. The molecule has 4 heteroatoms. The van der Waals surface area contributed by atoms with Crippen LogP contribution in [0.25, 0.3) is 0 Å². The molecule has 0 saturated carbocycles. The first-order chi connectivity index (χ1) is 6.61. The molecular formula is C10H11ClN2O. The van der Waals surface area contributed by atoms with Crippen molar-refractivity contribution in [3.05, 3.63) is 29.3 Å². The van der Waals surface area contributed by atoms with E-state index in [1.165, 1.54) is 0 Å². The first kappa shape index (κ1) is 9.49. The van der Waals surface area contributed by atoms with Gasteiger partial charge in [-0.25, -0.2) is 0 Å². The van der Waals surface area contributed by atoms with Crippen LogP contribution in [-0.4, -0.2) is 18.0 Å². The van der Waals surface area contributed by atoms with E-state index < -0.39 is 0 Å². The van der Waals surface area contributed by atoms with Crippen LogP contribution in [0.5, 0.6) is 0 Å². The van der Waals surface area contributed by atoms with Gasteiger partial charge in [-0.05, 0) is 25.1 Å². The van der Waals surface area contributed by atoms with Crippen LogP contribution in [0.1, 0.15) is 6.92 Å². The molecule has 1 aliphatic rings. The van der Waals surface area contributed by atoms with Crippen molar-refractivity contribution in [1.29, 1.82) is 0 Å². The topological polar surface area (TPSA) is 46.3 Å². The lowest BCUT2D eigenvalue weighted by Gasteiger charge is -2.43. The van der Waals surface area contributed by atoms with Crippen molar-refractivity contribution in [1.82, 2.24) is 0 Å². The van der Waals surface area contributed by atoms with Gasteiger partial charge in [0.2, 0.25) is 5.91 Å². The van der Waals surface area contributed by atoms with E-state index in [1.54, 1.807) is 17.0 Å². The number of hydrogen-bond acceptors (Lipinski definition) is 2. The Hall–Kier alpha value is -1.06. The second-order valence-electron chi connectivity index (χ2n) is 3.45. The van der Waals surface area contributed by atoms with Crippen LogP contribution in [0.3, 0.4) is 0 Å². The smallest absolute Gasteiger partial charge is 0.246 e. The van der Waals surface area contributed by atoms with Crippen molar-refractivity contribution >= 4 is 23.2 Å². The molecule has 0 radical (unpaired) electrons. The zero-order valence-corrected chi connectivity index (χ0v) is 8.53. The molecule has 2 unspecified atom stereocenters. The zero-order chi connectivity index (χ0) is 10.3. The molecule has 1 aromatic carbocycles. The molecule has 0 bridgehead atoms. The van der Waals surface area contributed by atoms with Gasteiger partial charge in [-0.3, -0.25) is 4.79 Å². The lowest BCUT2D eigenvalue weighted by atomic mass is 9.97. The Labute approximate surface area is 87.4 Å². The van der Waals surface area contributed by atoms with Crippen LogP contribution < -0.4 is 10.6 Å². The number of rotatable bonds is 1. The van der Waals surface area contributed by atoms with Crippen molar-refractivity contribution in [2.24, 2.45) is 5.73 Å². The molecule has 1 amide bonds. The van der Waals surface area contributed by atoms with Gasteiger partial charge in [0, 0.05) is 10.7 Å². The Morgan fingerprint density at radius 1 is 1.50 bits per heavy atom. The maximum atomic E-state index is 11.4. The van der Waals surface area contributed by atoms with Gasteiger partial charge in [-0.15, -0.1) is 0 Å². The molecule has 74 valence electrons. The molecule has 2 atom stereocenters. The molecule has 1 aromatic rings. The van der Waals surface area contributed by atoms with Crippen molar-refractivity contribution in [2.45, 2.75) is 19.0 Å². The van der Waals surface area contributed by atoms with Crippen LogP contribution in [-0.2, 0) is 4.79 Å². The molecular weight excluding hydrogens is 200 g/mol. The SMILES string of the molecule is CC1C(N)C(=O)N1c1cccc(Cl)c1. The van der Waals surface area contributed by atoms with Gasteiger partial charge >= 0.3 is 0 Å². The number of amides is 1. The number of nitrogens with zero attached hydrogens (tertiary/aromatic N) is 1. The van der Waals surface area contributed by atoms with Gasteiger partial charge in [-0.1, -0.05) is 17.7 Å². The quantitative estimate of drug-likeness (QED) is 0.713. The van der Waals surface area contributed by atoms with E-state index in [-0.39, 0.29) is 18.0 Å². The Balaban J connectivity index is 2.29. The number of anilines is 1. The van der Waals surface area contributed by atoms with Crippen LogP contribution in [0, 0.1) is 0 Å². The second-order valence-corrected chi connectivity index (χ2v) is 3.89. The molecule has 2 rings (SSSR count). The summed E-state index contributed by atoms with van der Waals surface area (Å²) in [4.78, 5) is 13.1. The Morgan fingerprint density at radius 2 is 2.21 bits per heavy atom. The van der Waals surface area contributed by atoms with E-state index >= 15 is 0 Å². The molecule has 1 aliphatic heterocycles. The summed E-state index contributed by atoms with van der Waals surface area (Å²) in [5.74, 6) is -0.0419. The first-order valence-corrected chi connectivity index (χ1v) is 4.83. The number of halogens is 1. The van der Waals surface area contributed by atoms with Gasteiger partial charge in [0.15, 0.2) is 0 Å². The van der Waals surface area contributed by atoms with Crippen LogP contribution in [0.2, 0.25) is 5.02 Å². The summed E-state index contributed by atoms with van der Waals surface area (Å²) in [6.45, 7) is 1.92. The molecule has 0 aromatic heterocycles. The number of hydrogen-bond donors (Lipinski definition) is 1. The number of benzene rings is 1. The Kier molecular flexibility index (Phi) is 2.21. The Morgan fingerprint density at radius 3 is 2.79 bits per heavy atom. The molecule has 1 heterocycles. The van der Waals surface area contributed by atoms with Gasteiger partial charge in [-0.2, -0.15) is 0 Å². The van der Waals surface area contributed by atoms with E-state index in [1.807, 2.05) is 19.1 Å². The highest BCUT2D eigenvalue weighted by molar-refractivity contribution is 6.31. The monoisotopic (exact) mass is 210 g/mol. The molecule has 1 fully saturated rings. The van der Waals surface area contributed by atoms with Crippen LogP contribution in [0.15, 0.2) is 24.3 Å². The number of nitrogens with two attached hydrogens (primary N) is 1. The predicted octanol–water partition coefficient (Wildman–Crippen LogP) is 1.40. The summed E-state index contributed by atoms with van der Waals surface area (Å²) in [7, 11) is 0. The fourth-order valence-corrected chi connectivity index (χ4v) is 1.82. The third-order valence-corrected chi connectivity index (χ3v) is 2.77. The van der Waals surface area contributed by atoms with Crippen molar-refractivity contribution < 1.29 is 4.79 Å². The van der Waals surface area contributed by atoms with Gasteiger partial charge in [0.25, 0.3) is 0 Å². The van der Waals surface area contributed by atoms with Crippen LogP contribution >= 0.6 is 11.6 Å². The maximum absolute atomic E-state index is 11.4. The zero-order valence-electron chi connectivity index (χ0n) is 7.77. The minimum Gasteiger partial charge on any atom is -0.318 e. The fraction of sp³-hybridized carbons (Fsp3) is 0.300. The molecule has 1 saturated heterocycles. The van der Waals surface area contributed by atoms with E-state index in [4.69, 9.17) is 17.3 Å². The van der Waals surface area contributed by atoms with E-state index in [2.05, 4.69) is 0 Å². The average Bonchev–Trinajstić information content (AvgIpc) is 2.18. The summed E-state index contributed by atoms with van der Waals surface area (Å²) in [5, 5.41) is 0.628. The number of carbonyl (C=O) groups excluding carboxylic acids is 1. The van der Waals surface area contributed by atoms with Crippen LogP contribution in [0.4, 0.5) is 5.69 Å². The van der Waals surface area contributed by atoms with Gasteiger partial charge < -0.3 is 10.6 Å². The van der Waals surface area contributed by atoms with E-state index in [9.17, 15) is 4.79 Å². The minimum atomic E-state index is -0.367. The summed E-state index contributed by atoms with van der Waals surface area (Å²) in [6, 6.07) is 6.91. The summed E-state index contributed by atoms with van der Waals surface area (Å²) < 4.78 is 0. The summed E-state index contributed by atoms with van der Waals surface area (Å²) in [6.07, 6.45) is 0. The standard InChI is InChI=1S/C10H11ClN2O/c1-6-9(12)10(14)13(6)8-4-2-3-7(11)5-8/h2-6,9H,12H2,1H3. The third-order valence-electron chi connectivity index (χ3n) is 2.54. The minimum absolute atomic E-state index is 0.0419. The fourth-order valence-electron chi connectivity index (χ4n) is 1.63. The maximum Gasteiger partial charge on any atom is 0.246 e. The highest BCUT2D eigenvalue weighted by Gasteiger charge is 2.42. The Bertz CT molecular complexity index is 380. The van der Waals surface area contributed by atoms with E-state index in [0.717, 1.165) is 5.69 Å². The van der Waals surface area contributed by atoms with Crippen molar-refractivity contribution in [3.8, 4) is 0 Å². The normalized spacial score (nSPS) is 26.2. The summed E-state index contributed by atoms with van der Waals surface area (Å²) in [5.41, 5.74) is 6.42. The van der Waals surface area contributed by atoms with Crippen molar-refractivity contribution in [3.63, 3.8) is 0 Å². The predicted molar refractivity (Wildman–Crippen MR) is 56.4 cm³/mol. The largest absolute Gasteiger partial charge is 0.318 e. The lowest BCUT2D eigenvalue weighted by Crippen LogP contribution is -2.67. The molecule has 3 nitrogen and oxygen atoms in total. The lowest BCUT2D eigenvalue weighted by molar-refractivity contribution is -0.125. The van der Waals surface area contributed by atoms with Gasteiger partial charge in [0.05, 0.1) is 6.04 Å². The highest BCUT2D eigenvalue weighted by atomic mass is 35.5. The van der Waals surface area contributed by atoms with E-state index in [0.29, 0.717) is 5.02 Å². The molecule has 2 N–H and O–H groups in total. The van der Waals surface area contributed by atoms with Gasteiger partial charge in [0.1, 0.15) is 6.04 Å². The summed E-state index contributed by atoms with van der Waals surface area (Å²) >= 11 is 5.83. The van der Waals surface area contributed by atoms with Crippen molar-refractivity contribution in [2.75, 3.05) is 4.90 Å². The highest BCUT2D eigenvalue weighted by Crippen LogP contribution is 2.28. The second kappa shape index (κ2) is 3.26. The number of β-lactam (4-membered cyclic amide) rings is 1. The molecule has 0 spiro atoms. The third kappa shape index (κ3) is 1.29.